The molecule has 2 heterocycles. The lowest BCUT2D eigenvalue weighted by molar-refractivity contribution is -0.170. The molecule has 0 aromatic heterocycles. The van der Waals surface area contributed by atoms with Crippen molar-refractivity contribution >= 4 is 23.8 Å². The molecule has 1 aromatic rings. The van der Waals surface area contributed by atoms with Crippen molar-refractivity contribution in [3.05, 3.63) is 17.7 Å². The molecule has 2 aliphatic heterocycles. The predicted octanol–water partition coefficient (Wildman–Crippen LogP) is -0.699. The minimum absolute atomic E-state index is 0.0885. The van der Waals surface area contributed by atoms with Crippen molar-refractivity contribution in [2.24, 2.45) is 0 Å². The molecule has 0 aliphatic carbocycles. The van der Waals surface area contributed by atoms with Crippen molar-refractivity contribution in [1.82, 2.24) is 5.32 Å². The van der Waals surface area contributed by atoms with Crippen LogP contribution >= 0.6 is 0 Å². The third-order valence-corrected chi connectivity index (χ3v) is 3.44. The van der Waals surface area contributed by atoms with Gasteiger partial charge in [-0.25, -0.2) is 4.79 Å². The highest BCUT2D eigenvalue weighted by molar-refractivity contribution is 6.01. The van der Waals surface area contributed by atoms with Crippen molar-refractivity contribution in [2.75, 3.05) is 7.05 Å². The Balaban J connectivity index is 2.27. The largest absolute Gasteiger partial charge is 0.422 e. The first kappa shape index (κ1) is 15.0. The molecular weight excluding hydrogens is 310 g/mol. The van der Waals surface area contributed by atoms with Gasteiger partial charge in [0.15, 0.2) is 17.1 Å². The molecule has 9 heteroatoms. The average Bonchev–Trinajstić information content (AvgIpc) is 2.47. The number of hydrogen-bond donors (Lipinski definition) is 2. The van der Waals surface area contributed by atoms with Gasteiger partial charge in [-0.2, -0.15) is 0 Å². The van der Waals surface area contributed by atoms with Gasteiger partial charge in [0.1, 0.15) is 0 Å². The molecule has 2 bridgehead atoms. The molecule has 0 spiro atoms. The van der Waals surface area contributed by atoms with E-state index in [1.54, 1.807) is 0 Å². The van der Waals surface area contributed by atoms with E-state index >= 15 is 0 Å². The lowest BCUT2D eigenvalue weighted by atomic mass is 9.94. The van der Waals surface area contributed by atoms with Gasteiger partial charge in [0.2, 0.25) is 5.75 Å². The fraction of sp³-hybridized carbons (Fsp3) is 0.286. The number of ether oxygens (including phenoxy) is 3. The topological polar surface area (TPSA) is 128 Å². The number of carbonyl (C=O) groups is 4. The van der Waals surface area contributed by atoms with E-state index in [1.165, 1.54) is 19.2 Å². The Kier molecular flexibility index (Phi) is 3.29. The Bertz CT molecular complexity index is 755. The number of aliphatic hydroxyl groups is 1. The summed E-state index contributed by atoms with van der Waals surface area (Å²) in [4.78, 5) is 47.8. The van der Waals surface area contributed by atoms with Crippen LogP contribution < -0.4 is 19.5 Å². The molecule has 23 heavy (non-hydrogen) atoms. The third-order valence-electron chi connectivity index (χ3n) is 3.44. The zero-order chi connectivity index (χ0) is 16.8. The number of rotatable bonds is 1. The normalized spacial score (nSPS) is 22.8. The lowest BCUT2D eigenvalue weighted by Crippen LogP contribution is -2.49. The molecule has 120 valence electrons. The number of carbonyl (C=O) groups excluding carboxylic acids is 4. The van der Waals surface area contributed by atoms with Gasteiger partial charge in [0, 0.05) is 7.05 Å². The van der Waals surface area contributed by atoms with Crippen LogP contribution in [0.5, 0.6) is 17.2 Å². The summed E-state index contributed by atoms with van der Waals surface area (Å²) < 4.78 is 15.1. The van der Waals surface area contributed by atoms with Crippen LogP contribution in [0.4, 0.5) is 0 Å². The number of amides is 1. The van der Waals surface area contributed by atoms with E-state index < -0.39 is 48.0 Å². The minimum Gasteiger partial charge on any atom is -0.422 e. The summed E-state index contributed by atoms with van der Waals surface area (Å²) in [5, 5.41) is 12.6. The van der Waals surface area contributed by atoms with Crippen LogP contribution in [0.2, 0.25) is 0 Å². The van der Waals surface area contributed by atoms with Crippen LogP contribution in [0.3, 0.4) is 0 Å². The molecule has 1 unspecified atom stereocenters. The molecule has 0 saturated heterocycles. The van der Waals surface area contributed by atoms with E-state index in [4.69, 9.17) is 14.2 Å². The monoisotopic (exact) mass is 321 g/mol. The highest BCUT2D eigenvalue weighted by atomic mass is 16.6. The fourth-order valence-corrected chi connectivity index (χ4v) is 2.32. The Morgan fingerprint density at radius 2 is 1.74 bits per heavy atom. The lowest BCUT2D eigenvalue weighted by Gasteiger charge is -2.30. The zero-order valence-corrected chi connectivity index (χ0v) is 11.9. The molecule has 2 aliphatic rings. The molecular formula is C14H11NO8. The minimum atomic E-state index is -2.38. The number of esters is 3. The SMILES string of the molecule is CNC(=O)c1ccc2c3c1OC(=O)CC(O)(CC(=O)O2)C(=O)O3. The fourth-order valence-electron chi connectivity index (χ4n) is 2.32. The van der Waals surface area contributed by atoms with Gasteiger partial charge < -0.3 is 24.6 Å². The second-order valence-electron chi connectivity index (χ2n) is 5.07. The first-order valence-electron chi connectivity index (χ1n) is 6.59. The summed E-state index contributed by atoms with van der Waals surface area (Å²) in [6.45, 7) is 0. The van der Waals surface area contributed by atoms with E-state index in [-0.39, 0.29) is 17.1 Å². The molecule has 0 fully saturated rings. The maximum atomic E-state index is 12.1. The maximum Gasteiger partial charge on any atom is 0.345 e. The molecule has 3 rings (SSSR count). The van der Waals surface area contributed by atoms with Gasteiger partial charge in [-0.3, -0.25) is 14.4 Å². The number of nitrogens with one attached hydrogen (secondary N) is 1. The quantitative estimate of drug-likeness (QED) is 0.513. The van der Waals surface area contributed by atoms with E-state index in [2.05, 4.69) is 5.32 Å². The number of benzene rings is 1. The van der Waals surface area contributed by atoms with Gasteiger partial charge in [-0.15, -0.1) is 0 Å². The summed E-state index contributed by atoms with van der Waals surface area (Å²) in [7, 11) is 1.36. The second kappa shape index (κ2) is 5.06. The summed E-state index contributed by atoms with van der Waals surface area (Å²) in [5.41, 5.74) is -2.47. The van der Waals surface area contributed by atoms with Gasteiger partial charge in [0.05, 0.1) is 18.4 Å². The summed E-state index contributed by atoms with van der Waals surface area (Å²) in [5.74, 6) is -4.64. The maximum absolute atomic E-state index is 12.1. The van der Waals surface area contributed by atoms with E-state index in [0.29, 0.717) is 0 Å². The van der Waals surface area contributed by atoms with E-state index in [0.717, 1.165) is 0 Å². The van der Waals surface area contributed by atoms with Gasteiger partial charge in [-0.1, -0.05) is 0 Å². The van der Waals surface area contributed by atoms with Crippen molar-refractivity contribution in [1.29, 1.82) is 0 Å². The average molecular weight is 321 g/mol. The summed E-state index contributed by atoms with van der Waals surface area (Å²) >= 11 is 0. The summed E-state index contributed by atoms with van der Waals surface area (Å²) in [6.07, 6.45) is -1.56. The molecule has 1 atom stereocenters. The van der Waals surface area contributed by atoms with Gasteiger partial charge in [-0.05, 0) is 12.1 Å². The molecule has 0 radical (unpaired) electrons. The van der Waals surface area contributed by atoms with Crippen LogP contribution in [0.1, 0.15) is 23.2 Å². The molecule has 1 aromatic carbocycles. The smallest absolute Gasteiger partial charge is 0.345 e. The van der Waals surface area contributed by atoms with Crippen LogP contribution in [-0.4, -0.2) is 41.6 Å². The first-order chi connectivity index (χ1) is 10.8. The van der Waals surface area contributed by atoms with Crippen molar-refractivity contribution in [2.45, 2.75) is 18.4 Å². The number of hydrogen-bond acceptors (Lipinski definition) is 8. The zero-order valence-electron chi connectivity index (χ0n) is 11.9. The van der Waals surface area contributed by atoms with Crippen LogP contribution in [0.25, 0.3) is 0 Å². The molecule has 1 amide bonds. The van der Waals surface area contributed by atoms with Crippen molar-refractivity contribution in [3.63, 3.8) is 0 Å². The second-order valence-corrected chi connectivity index (χ2v) is 5.07. The molecule has 9 nitrogen and oxygen atoms in total. The van der Waals surface area contributed by atoms with Gasteiger partial charge in [0.25, 0.3) is 5.91 Å². The summed E-state index contributed by atoms with van der Waals surface area (Å²) in [6, 6.07) is 2.49. The predicted molar refractivity (Wildman–Crippen MR) is 70.9 cm³/mol. The van der Waals surface area contributed by atoms with E-state index in [9.17, 15) is 24.3 Å². The third kappa shape index (κ3) is 2.40. The highest BCUT2D eigenvalue weighted by Gasteiger charge is 2.48. The van der Waals surface area contributed by atoms with Crippen LogP contribution in [0.15, 0.2) is 12.1 Å². The molecule has 2 N–H and O–H groups in total. The Hall–Kier alpha value is -2.94. The first-order valence-corrected chi connectivity index (χ1v) is 6.59. The Morgan fingerprint density at radius 1 is 1.09 bits per heavy atom. The van der Waals surface area contributed by atoms with Gasteiger partial charge >= 0.3 is 17.9 Å². The number of fused-ring (bicyclic) bond motifs is 2. The van der Waals surface area contributed by atoms with Crippen LogP contribution in [0, 0.1) is 0 Å². The Labute approximate surface area is 129 Å². The van der Waals surface area contributed by atoms with Crippen molar-refractivity contribution in [3.8, 4) is 17.2 Å². The standard InChI is InChI=1S/C14H11NO8/c1-15-12(18)6-2-3-7-11-10(6)22-9(17)5-14(20,13(19)23-11)4-8(16)21-7/h2-3,20H,4-5H2,1H3,(H,15,18). The van der Waals surface area contributed by atoms with Crippen LogP contribution in [-0.2, 0) is 14.4 Å². The van der Waals surface area contributed by atoms with Crippen molar-refractivity contribution < 1.29 is 38.5 Å². The molecule has 0 saturated carbocycles. The van der Waals surface area contributed by atoms with E-state index in [1.807, 2.05) is 0 Å². The Morgan fingerprint density at radius 3 is 2.39 bits per heavy atom. The highest BCUT2D eigenvalue weighted by Crippen LogP contribution is 2.44.